The highest BCUT2D eigenvalue weighted by atomic mass is 16.4. The van der Waals surface area contributed by atoms with E-state index in [4.69, 9.17) is 0 Å². The van der Waals surface area contributed by atoms with E-state index in [1.54, 1.807) is 0 Å². The second-order valence-corrected chi connectivity index (χ2v) is 6.38. The minimum atomic E-state index is -0.733. The van der Waals surface area contributed by atoms with Crippen LogP contribution in [0.2, 0.25) is 0 Å². The SMILES string of the molecule is CC(C)C1CCc2ccccc2C1(C(=O)O)C(C)C. The summed E-state index contributed by atoms with van der Waals surface area (Å²) in [5.41, 5.74) is 1.53. The van der Waals surface area contributed by atoms with E-state index in [9.17, 15) is 9.90 Å². The van der Waals surface area contributed by atoms with Crippen LogP contribution in [0.25, 0.3) is 0 Å². The van der Waals surface area contributed by atoms with Crippen LogP contribution in [0, 0.1) is 17.8 Å². The lowest BCUT2D eigenvalue weighted by Gasteiger charge is -2.47. The summed E-state index contributed by atoms with van der Waals surface area (Å²) in [5, 5.41) is 10.0. The second kappa shape index (κ2) is 4.99. The van der Waals surface area contributed by atoms with Crippen LogP contribution >= 0.6 is 0 Å². The number of carboxylic acid groups (broad SMARTS) is 1. The molecule has 0 saturated carbocycles. The molecule has 0 aliphatic heterocycles. The van der Waals surface area contributed by atoms with Crippen molar-refractivity contribution in [3.05, 3.63) is 35.4 Å². The van der Waals surface area contributed by atoms with Gasteiger partial charge in [0.2, 0.25) is 0 Å². The van der Waals surface area contributed by atoms with Crippen LogP contribution in [0.1, 0.15) is 45.2 Å². The molecule has 0 fully saturated rings. The van der Waals surface area contributed by atoms with Gasteiger partial charge in [-0.25, -0.2) is 0 Å². The molecule has 2 heteroatoms. The highest BCUT2D eigenvalue weighted by molar-refractivity contribution is 5.83. The third-order valence-electron chi connectivity index (χ3n) is 4.84. The average Bonchev–Trinajstić information content (AvgIpc) is 2.36. The molecule has 0 saturated heterocycles. The molecular weight excluding hydrogens is 236 g/mol. The summed E-state index contributed by atoms with van der Waals surface area (Å²) in [7, 11) is 0. The van der Waals surface area contributed by atoms with Crippen molar-refractivity contribution in [1.29, 1.82) is 0 Å². The first-order valence-electron chi connectivity index (χ1n) is 7.24. The molecule has 19 heavy (non-hydrogen) atoms. The zero-order valence-corrected chi connectivity index (χ0v) is 12.3. The maximum atomic E-state index is 12.2. The van der Waals surface area contributed by atoms with Crippen molar-refractivity contribution in [2.24, 2.45) is 17.8 Å². The van der Waals surface area contributed by atoms with E-state index in [0.29, 0.717) is 5.92 Å². The first kappa shape index (κ1) is 14.1. The Balaban J connectivity index is 2.70. The highest BCUT2D eigenvalue weighted by Crippen LogP contribution is 2.49. The molecule has 104 valence electrons. The zero-order chi connectivity index (χ0) is 14.2. The molecule has 0 bridgehead atoms. The van der Waals surface area contributed by atoms with Gasteiger partial charge in [-0.3, -0.25) is 4.79 Å². The molecule has 1 aromatic rings. The fourth-order valence-electron chi connectivity index (χ4n) is 4.00. The van der Waals surface area contributed by atoms with Gasteiger partial charge in [0.05, 0.1) is 5.41 Å². The normalized spacial score (nSPS) is 26.5. The van der Waals surface area contributed by atoms with E-state index in [0.717, 1.165) is 18.4 Å². The van der Waals surface area contributed by atoms with Crippen LogP contribution in [0.3, 0.4) is 0 Å². The van der Waals surface area contributed by atoms with Gasteiger partial charge in [-0.2, -0.15) is 0 Å². The Kier molecular flexibility index (Phi) is 3.71. The Morgan fingerprint density at radius 3 is 2.42 bits per heavy atom. The van der Waals surface area contributed by atoms with Gasteiger partial charge in [0.25, 0.3) is 0 Å². The predicted octanol–water partition coefficient (Wildman–Crippen LogP) is 3.88. The molecule has 2 atom stereocenters. The summed E-state index contributed by atoms with van der Waals surface area (Å²) in [6.07, 6.45) is 1.97. The largest absolute Gasteiger partial charge is 0.481 e. The van der Waals surface area contributed by atoms with Gasteiger partial charge in [-0.05, 0) is 41.7 Å². The van der Waals surface area contributed by atoms with Gasteiger partial charge in [-0.1, -0.05) is 52.0 Å². The van der Waals surface area contributed by atoms with Gasteiger partial charge in [0.1, 0.15) is 0 Å². The molecule has 0 radical (unpaired) electrons. The number of fused-ring (bicyclic) bond motifs is 1. The Hall–Kier alpha value is -1.31. The van der Waals surface area contributed by atoms with Gasteiger partial charge >= 0.3 is 5.97 Å². The Morgan fingerprint density at radius 1 is 1.26 bits per heavy atom. The summed E-state index contributed by atoms with van der Waals surface area (Å²) < 4.78 is 0. The molecule has 1 N–H and O–H groups in total. The number of carboxylic acids is 1. The topological polar surface area (TPSA) is 37.3 Å². The van der Waals surface area contributed by atoms with Crippen LogP contribution in [-0.4, -0.2) is 11.1 Å². The summed E-state index contributed by atoms with van der Waals surface area (Å²) in [5.74, 6) is 0.0268. The molecular formula is C17H24O2. The average molecular weight is 260 g/mol. The summed E-state index contributed by atoms with van der Waals surface area (Å²) in [4.78, 5) is 12.2. The standard InChI is InChI=1S/C17H24O2/c1-11(2)14-10-9-13-7-5-6-8-15(13)17(14,12(3)4)16(18)19/h5-8,11-12,14H,9-10H2,1-4H3,(H,18,19). The quantitative estimate of drug-likeness (QED) is 0.895. The van der Waals surface area contributed by atoms with Crippen molar-refractivity contribution in [1.82, 2.24) is 0 Å². The van der Waals surface area contributed by atoms with Crippen molar-refractivity contribution in [2.45, 2.75) is 46.0 Å². The van der Waals surface area contributed by atoms with Crippen LogP contribution in [0.4, 0.5) is 0 Å². The van der Waals surface area contributed by atoms with E-state index >= 15 is 0 Å². The molecule has 0 spiro atoms. The van der Waals surface area contributed by atoms with E-state index < -0.39 is 11.4 Å². The first-order valence-corrected chi connectivity index (χ1v) is 7.24. The fourth-order valence-corrected chi connectivity index (χ4v) is 4.00. The maximum Gasteiger partial charge on any atom is 0.314 e. The highest BCUT2D eigenvalue weighted by Gasteiger charge is 2.53. The van der Waals surface area contributed by atoms with Crippen molar-refractivity contribution >= 4 is 5.97 Å². The number of aliphatic carboxylic acids is 1. The molecule has 2 unspecified atom stereocenters. The Bertz CT molecular complexity index is 476. The molecule has 2 nitrogen and oxygen atoms in total. The lowest BCUT2D eigenvalue weighted by Crippen LogP contribution is -2.52. The number of benzene rings is 1. The van der Waals surface area contributed by atoms with Crippen LogP contribution in [-0.2, 0) is 16.6 Å². The molecule has 1 aliphatic carbocycles. The maximum absolute atomic E-state index is 12.2. The van der Waals surface area contributed by atoms with Gasteiger partial charge < -0.3 is 5.11 Å². The van der Waals surface area contributed by atoms with Crippen molar-refractivity contribution in [3.63, 3.8) is 0 Å². The minimum Gasteiger partial charge on any atom is -0.481 e. The van der Waals surface area contributed by atoms with Crippen molar-refractivity contribution in [3.8, 4) is 0 Å². The molecule has 0 heterocycles. The van der Waals surface area contributed by atoms with Gasteiger partial charge in [-0.15, -0.1) is 0 Å². The fraction of sp³-hybridized carbons (Fsp3) is 0.588. The lowest BCUT2D eigenvalue weighted by molar-refractivity contribution is -0.150. The predicted molar refractivity (Wildman–Crippen MR) is 77.2 cm³/mol. The minimum absolute atomic E-state index is 0.0962. The van der Waals surface area contributed by atoms with Gasteiger partial charge in [0.15, 0.2) is 0 Å². The van der Waals surface area contributed by atoms with E-state index in [1.807, 2.05) is 32.0 Å². The summed E-state index contributed by atoms with van der Waals surface area (Å²) in [6, 6.07) is 8.10. The van der Waals surface area contributed by atoms with Crippen molar-refractivity contribution < 1.29 is 9.90 Å². The number of hydrogen-bond donors (Lipinski definition) is 1. The molecule has 2 rings (SSSR count). The third kappa shape index (κ3) is 1.98. The monoisotopic (exact) mass is 260 g/mol. The van der Waals surface area contributed by atoms with E-state index in [2.05, 4.69) is 19.9 Å². The first-order chi connectivity index (χ1) is 8.92. The third-order valence-corrected chi connectivity index (χ3v) is 4.84. The van der Waals surface area contributed by atoms with E-state index in [-0.39, 0.29) is 11.8 Å². The van der Waals surface area contributed by atoms with Crippen LogP contribution in [0.5, 0.6) is 0 Å². The Labute approximate surface area is 115 Å². The number of carbonyl (C=O) groups is 1. The molecule has 1 aromatic carbocycles. The van der Waals surface area contributed by atoms with Gasteiger partial charge in [0, 0.05) is 0 Å². The van der Waals surface area contributed by atoms with Crippen molar-refractivity contribution in [2.75, 3.05) is 0 Å². The molecule has 0 amide bonds. The lowest BCUT2D eigenvalue weighted by atomic mass is 9.55. The number of hydrogen-bond acceptors (Lipinski definition) is 1. The van der Waals surface area contributed by atoms with Crippen LogP contribution < -0.4 is 0 Å². The summed E-state index contributed by atoms with van der Waals surface area (Å²) in [6.45, 7) is 8.40. The van der Waals surface area contributed by atoms with E-state index in [1.165, 1.54) is 5.56 Å². The summed E-state index contributed by atoms with van der Waals surface area (Å²) >= 11 is 0. The second-order valence-electron chi connectivity index (χ2n) is 6.38. The zero-order valence-electron chi connectivity index (χ0n) is 12.3. The van der Waals surface area contributed by atoms with Crippen LogP contribution in [0.15, 0.2) is 24.3 Å². The molecule has 1 aliphatic rings. The number of rotatable bonds is 3. The molecule has 0 aromatic heterocycles. The number of aryl methyl sites for hydroxylation is 1. The Morgan fingerprint density at radius 2 is 1.89 bits per heavy atom. The smallest absolute Gasteiger partial charge is 0.314 e.